The Bertz CT molecular complexity index is 551. The van der Waals surface area contributed by atoms with Crippen LogP contribution in [0.15, 0.2) is 42.7 Å². The normalized spacial score (nSPS) is 24.2. The molecule has 0 saturated carbocycles. The van der Waals surface area contributed by atoms with Crippen LogP contribution < -0.4 is 5.32 Å². The minimum atomic E-state index is -0.577. The number of nitrogens with zero attached hydrogens (tertiary/aromatic N) is 1. The van der Waals surface area contributed by atoms with E-state index in [1.54, 1.807) is 24.5 Å². The molecular formula is C12H10N2O3. The summed E-state index contributed by atoms with van der Waals surface area (Å²) in [7, 11) is 0. The summed E-state index contributed by atoms with van der Waals surface area (Å²) < 4.78 is 5.56. The van der Waals surface area contributed by atoms with Crippen LogP contribution in [0.5, 0.6) is 0 Å². The Labute approximate surface area is 97.5 Å². The SMILES string of the molecule is O=[N+]([O-])c1ccc2c(c1)NC1(C=CC=CO1)C2. The third-order valence-corrected chi connectivity index (χ3v) is 2.94. The number of fused-ring (bicyclic) bond motifs is 1. The van der Waals surface area contributed by atoms with Gasteiger partial charge in [-0.3, -0.25) is 10.1 Å². The van der Waals surface area contributed by atoms with E-state index in [2.05, 4.69) is 5.32 Å². The van der Waals surface area contributed by atoms with Gasteiger partial charge in [-0.1, -0.05) is 6.08 Å². The van der Waals surface area contributed by atoms with Gasteiger partial charge in [0.05, 0.1) is 11.2 Å². The number of hydrogen-bond acceptors (Lipinski definition) is 4. The van der Waals surface area contributed by atoms with Crippen molar-refractivity contribution in [2.24, 2.45) is 0 Å². The lowest BCUT2D eigenvalue weighted by Gasteiger charge is -2.27. The zero-order valence-electron chi connectivity index (χ0n) is 8.92. The first-order valence-corrected chi connectivity index (χ1v) is 5.26. The smallest absolute Gasteiger partial charge is 0.271 e. The lowest BCUT2D eigenvalue weighted by molar-refractivity contribution is -0.384. The second-order valence-electron chi connectivity index (χ2n) is 4.10. The van der Waals surface area contributed by atoms with Crippen LogP contribution in [-0.2, 0) is 11.2 Å². The molecule has 3 rings (SSSR count). The summed E-state index contributed by atoms with van der Waals surface area (Å²) in [5, 5.41) is 13.9. The van der Waals surface area contributed by atoms with Gasteiger partial charge in [-0.2, -0.15) is 0 Å². The molecule has 0 fully saturated rings. The third kappa shape index (κ3) is 1.56. The summed E-state index contributed by atoms with van der Waals surface area (Å²) in [6, 6.07) is 4.83. The van der Waals surface area contributed by atoms with Crippen molar-refractivity contribution in [3.63, 3.8) is 0 Å². The highest BCUT2D eigenvalue weighted by atomic mass is 16.6. The van der Waals surface area contributed by atoms with Crippen molar-refractivity contribution in [3.8, 4) is 0 Å². The molecule has 1 aromatic rings. The van der Waals surface area contributed by atoms with Crippen molar-refractivity contribution in [1.29, 1.82) is 0 Å². The largest absolute Gasteiger partial charge is 0.472 e. The molecule has 0 bridgehead atoms. The van der Waals surface area contributed by atoms with E-state index in [1.165, 1.54) is 6.07 Å². The van der Waals surface area contributed by atoms with Crippen LogP contribution in [-0.4, -0.2) is 10.6 Å². The predicted octanol–water partition coefficient (Wildman–Crippen LogP) is 2.36. The molecule has 17 heavy (non-hydrogen) atoms. The van der Waals surface area contributed by atoms with Crippen molar-refractivity contribution < 1.29 is 9.66 Å². The molecular weight excluding hydrogens is 220 g/mol. The molecule has 2 aliphatic heterocycles. The number of non-ortho nitro benzene ring substituents is 1. The summed E-state index contributed by atoms with van der Waals surface area (Å²) in [5.41, 5.74) is 1.30. The second-order valence-corrected chi connectivity index (χ2v) is 4.10. The Kier molecular flexibility index (Phi) is 1.95. The highest BCUT2D eigenvalue weighted by molar-refractivity contribution is 5.64. The molecule has 86 valence electrons. The summed E-state index contributed by atoms with van der Waals surface area (Å²) in [5.74, 6) is 0. The predicted molar refractivity (Wildman–Crippen MR) is 62.5 cm³/mol. The molecule has 0 radical (unpaired) electrons. The van der Waals surface area contributed by atoms with E-state index in [0.29, 0.717) is 6.42 Å². The summed E-state index contributed by atoms with van der Waals surface area (Å²) in [6.45, 7) is 0. The van der Waals surface area contributed by atoms with Crippen LogP contribution in [0.2, 0.25) is 0 Å². The molecule has 5 nitrogen and oxygen atoms in total. The molecule has 0 amide bonds. The van der Waals surface area contributed by atoms with E-state index in [9.17, 15) is 10.1 Å². The van der Waals surface area contributed by atoms with E-state index >= 15 is 0 Å². The third-order valence-electron chi connectivity index (χ3n) is 2.94. The van der Waals surface area contributed by atoms with Crippen LogP contribution in [0.25, 0.3) is 0 Å². The monoisotopic (exact) mass is 230 g/mol. The van der Waals surface area contributed by atoms with Crippen molar-refractivity contribution in [3.05, 3.63) is 58.4 Å². The zero-order chi connectivity index (χ0) is 11.9. The quantitative estimate of drug-likeness (QED) is 0.594. The molecule has 1 unspecified atom stereocenters. The first kappa shape index (κ1) is 9.89. The van der Waals surface area contributed by atoms with Crippen LogP contribution in [0.3, 0.4) is 0 Å². The van der Waals surface area contributed by atoms with Crippen LogP contribution in [0, 0.1) is 10.1 Å². The van der Waals surface area contributed by atoms with Crippen molar-refractivity contribution in [2.75, 3.05) is 5.32 Å². The molecule has 0 aliphatic carbocycles. The molecule has 2 heterocycles. The van der Waals surface area contributed by atoms with E-state index in [4.69, 9.17) is 4.74 Å². The molecule has 1 atom stereocenters. The Morgan fingerprint density at radius 1 is 1.41 bits per heavy atom. The maximum atomic E-state index is 10.7. The fraction of sp³-hybridized carbons (Fsp3) is 0.167. The van der Waals surface area contributed by atoms with Gasteiger partial charge >= 0.3 is 0 Å². The average Bonchev–Trinajstić information content (AvgIpc) is 2.66. The molecule has 2 aliphatic rings. The van der Waals surface area contributed by atoms with Crippen LogP contribution >= 0.6 is 0 Å². The van der Waals surface area contributed by atoms with E-state index in [-0.39, 0.29) is 5.69 Å². The number of ether oxygens (including phenoxy) is 1. The Balaban J connectivity index is 1.96. The standard InChI is InChI=1S/C12H10N2O3/c15-14(16)10-4-3-9-8-12(13-11(9)7-10)5-1-2-6-17-12/h1-7,13H,8H2. The first-order valence-electron chi connectivity index (χ1n) is 5.26. The Morgan fingerprint density at radius 2 is 2.29 bits per heavy atom. The number of hydrogen-bond donors (Lipinski definition) is 1. The number of rotatable bonds is 1. The van der Waals surface area contributed by atoms with Gasteiger partial charge in [0.15, 0.2) is 0 Å². The van der Waals surface area contributed by atoms with Gasteiger partial charge in [0, 0.05) is 24.2 Å². The maximum Gasteiger partial charge on any atom is 0.271 e. The van der Waals surface area contributed by atoms with Crippen LogP contribution in [0.4, 0.5) is 11.4 Å². The van der Waals surface area contributed by atoms with Gasteiger partial charge in [-0.15, -0.1) is 0 Å². The molecule has 1 aromatic carbocycles. The van der Waals surface area contributed by atoms with Crippen molar-refractivity contribution >= 4 is 11.4 Å². The summed E-state index contributed by atoms with van der Waals surface area (Å²) in [6.07, 6.45) is 7.91. The minimum Gasteiger partial charge on any atom is -0.472 e. The molecule has 0 aromatic heterocycles. The average molecular weight is 230 g/mol. The number of anilines is 1. The molecule has 0 saturated heterocycles. The lowest BCUT2D eigenvalue weighted by Crippen LogP contribution is -2.36. The number of nitrogens with one attached hydrogen (secondary N) is 1. The summed E-state index contributed by atoms with van der Waals surface area (Å²) >= 11 is 0. The molecule has 5 heteroatoms. The number of benzene rings is 1. The van der Waals surface area contributed by atoms with E-state index < -0.39 is 10.6 Å². The number of allylic oxidation sites excluding steroid dienone is 2. The van der Waals surface area contributed by atoms with Crippen LogP contribution in [0.1, 0.15) is 5.56 Å². The molecule has 1 spiro atoms. The Morgan fingerprint density at radius 3 is 3.00 bits per heavy atom. The molecule has 1 N–H and O–H groups in total. The van der Waals surface area contributed by atoms with Gasteiger partial charge < -0.3 is 10.1 Å². The lowest BCUT2D eigenvalue weighted by atomic mass is 10.1. The van der Waals surface area contributed by atoms with Gasteiger partial charge in [-0.05, 0) is 23.8 Å². The van der Waals surface area contributed by atoms with Crippen molar-refractivity contribution in [1.82, 2.24) is 0 Å². The highest BCUT2D eigenvalue weighted by Gasteiger charge is 2.37. The van der Waals surface area contributed by atoms with Gasteiger partial charge in [0.1, 0.15) is 0 Å². The Hall–Kier alpha value is -2.30. The second kappa shape index (κ2) is 3.35. The fourth-order valence-corrected chi connectivity index (χ4v) is 2.13. The maximum absolute atomic E-state index is 10.7. The summed E-state index contributed by atoms with van der Waals surface area (Å²) in [4.78, 5) is 10.3. The van der Waals surface area contributed by atoms with Crippen molar-refractivity contribution in [2.45, 2.75) is 12.1 Å². The van der Waals surface area contributed by atoms with E-state index in [1.807, 2.05) is 12.2 Å². The van der Waals surface area contributed by atoms with Gasteiger partial charge in [0.2, 0.25) is 5.72 Å². The minimum absolute atomic E-state index is 0.0867. The van der Waals surface area contributed by atoms with E-state index in [0.717, 1.165) is 11.3 Å². The number of nitro groups is 1. The topological polar surface area (TPSA) is 64.4 Å². The van der Waals surface area contributed by atoms with Gasteiger partial charge in [0.25, 0.3) is 5.69 Å². The highest BCUT2D eigenvalue weighted by Crippen LogP contribution is 2.37. The fourth-order valence-electron chi connectivity index (χ4n) is 2.13. The van der Waals surface area contributed by atoms with Gasteiger partial charge in [-0.25, -0.2) is 0 Å². The number of nitro benzene ring substituents is 1. The zero-order valence-corrected chi connectivity index (χ0v) is 8.92. The first-order chi connectivity index (χ1) is 8.19.